The van der Waals surface area contributed by atoms with Gasteiger partial charge >= 0.3 is 6.18 Å². The zero-order valence-electron chi connectivity index (χ0n) is 23.8. The SMILES string of the molecule is Cn1cnnc1C1(c2cccc(N3Cc4c(cc(CNC5(C)CCC5)cc4C(F)(F)F)C3=O)c2)CC2(CC(C#N)C2)C1. The molecule has 3 aliphatic carbocycles. The average Bonchev–Trinajstić information content (AvgIpc) is 3.47. The number of aromatic nitrogens is 3. The predicted molar refractivity (Wildman–Crippen MR) is 149 cm³/mol. The molecule has 1 N–H and O–H groups in total. The van der Waals surface area contributed by atoms with E-state index in [1.54, 1.807) is 18.5 Å². The maximum absolute atomic E-state index is 14.3. The van der Waals surface area contributed by atoms with E-state index in [4.69, 9.17) is 0 Å². The number of nitrogens with one attached hydrogen (secondary N) is 1. The van der Waals surface area contributed by atoms with Crippen molar-refractivity contribution in [2.24, 2.45) is 18.4 Å². The van der Waals surface area contributed by atoms with Gasteiger partial charge in [-0.25, -0.2) is 0 Å². The highest BCUT2D eigenvalue weighted by Crippen LogP contribution is 2.68. The van der Waals surface area contributed by atoms with Crippen LogP contribution in [0.1, 0.15) is 90.3 Å². The summed E-state index contributed by atoms with van der Waals surface area (Å²) in [6, 6.07) is 12.8. The molecule has 2 aromatic carbocycles. The van der Waals surface area contributed by atoms with E-state index in [1.807, 2.05) is 29.8 Å². The lowest BCUT2D eigenvalue weighted by atomic mass is 9.41. The van der Waals surface area contributed by atoms with Gasteiger partial charge in [0.05, 0.1) is 23.6 Å². The van der Waals surface area contributed by atoms with Crippen LogP contribution >= 0.6 is 0 Å². The number of fused-ring (bicyclic) bond motifs is 1. The van der Waals surface area contributed by atoms with Crippen LogP contribution in [-0.2, 0) is 31.7 Å². The summed E-state index contributed by atoms with van der Waals surface area (Å²) >= 11 is 0. The summed E-state index contributed by atoms with van der Waals surface area (Å²) in [6.07, 6.45) is 3.53. The zero-order chi connectivity index (χ0) is 29.5. The molecule has 0 radical (unpaired) electrons. The van der Waals surface area contributed by atoms with Crippen molar-refractivity contribution in [1.29, 1.82) is 5.26 Å². The van der Waals surface area contributed by atoms with Gasteiger partial charge in [0.15, 0.2) is 0 Å². The van der Waals surface area contributed by atoms with Gasteiger partial charge in [0.1, 0.15) is 12.2 Å². The standard InChI is InChI=1S/C32H33F3N6O/c1-29(7-4-8-29)37-15-20-9-24-25(26(10-20)32(33,34)35)16-41(27(24)42)23-6-3-5-22(11-23)31(28-39-38-19-40(28)2)17-30(18-31)12-21(13-30)14-36/h3,5-6,9-11,19,21,37H,4,7-8,12-13,15-18H2,1-2H3. The minimum absolute atomic E-state index is 0.0270. The van der Waals surface area contributed by atoms with E-state index in [9.17, 15) is 23.2 Å². The number of nitriles is 1. The van der Waals surface area contributed by atoms with Crippen molar-refractivity contribution in [2.75, 3.05) is 4.90 Å². The second-order valence-corrected chi connectivity index (χ2v) is 13.3. The van der Waals surface area contributed by atoms with Crippen LogP contribution in [0.15, 0.2) is 42.7 Å². The lowest BCUT2D eigenvalue weighted by Gasteiger charge is -2.62. The second-order valence-electron chi connectivity index (χ2n) is 13.3. The Hall–Kier alpha value is -3.71. The first kappa shape index (κ1) is 27.1. The highest BCUT2D eigenvalue weighted by atomic mass is 19.4. The van der Waals surface area contributed by atoms with Crippen LogP contribution in [0.5, 0.6) is 0 Å². The molecule has 2 heterocycles. The molecule has 1 aliphatic heterocycles. The third-order valence-electron chi connectivity index (χ3n) is 10.3. The maximum atomic E-state index is 14.3. The fourth-order valence-corrected chi connectivity index (χ4v) is 8.00. The van der Waals surface area contributed by atoms with Crippen molar-refractivity contribution in [1.82, 2.24) is 20.1 Å². The summed E-state index contributed by atoms with van der Waals surface area (Å²) < 4.78 is 44.7. The molecule has 4 aliphatic rings. The van der Waals surface area contributed by atoms with Crippen molar-refractivity contribution in [3.05, 3.63) is 76.4 Å². The second kappa shape index (κ2) is 9.14. The molecule has 1 aromatic heterocycles. The monoisotopic (exact) mass is 574 g/mol. The smallest absolute Gasteiger partial charge is 0.320 e. The van der Waals surface area contributed by atoms with Crippen LogP contribution in [0.3, 0.4) is 0 Å². The Kier molecular flexibility index (Phi) is 5.91. The molecule has 0 bridgehead atoms. The number of anilines is 1. The molecule has 3 saturated carbocycles. The first-order valence-corrected chi connectivity index (χ1v) is 14.6. The molecule has 0 unspecified atom stereocenters. The van der Waals surface area contributed by atoms with E-state index in [0.29, 0.717) is 11.3 Å². The normalized spacial score (nSPS) is 27.7. The van der Waals surface area contributed by atoms with Crippen LogP contribution in [0.2, 0.25) is 0 Å². The van der Waals surface area contributed by atoms with Crippen LogP contribution in [0, 0.1) is 22.7 Å². The number of carbonyl (C=O) groups excluding carboxylic acids is 1. The van der Waals surface area contributed by atoms with E-state index < -0.39 is 23.1 Å². The summed E-state index contributed by atoms with van der Waals surface area (Å²) in [5, 5.41) is 21.3. The number of halogens is 3. The molecule has 7 rings (SSSR count). The Morgan fingerprint density at radius 2 is 1.93 bits per heavy atom. The van der Waals surface area contributed by atoms with Crippen molar-refractivity contribution in [2.45, 2.75) is 82.1 Å². The maximum Gasteiger partial charge on any atom is 0.416 e. The number of amides is 1. The van der Waals surface area contributed by atoms with Crippen molar-refractivity contribution >= 4 is 11.6 Å². The van der Waals surface area contributed by atoms with Gasteiger partial charge in [0.2, 0.25) is 0 Å². The van der Waals surface area contributed by atoms with Gasteiger partial charge in [-0.1, -0.05) is 12.1 Å². The van der Waals surface area contributed by atoms with E-state index in [1.165, 1.54) is 11.0 Å². The average molecular weight is 575 g/mol. The Bertz CT molecular complexity index is 1620. The van der Waals surface area contributed by atoms with Crippen LogP contribution in [-0.4, -0.2) is 26.2 Å². The molecule has 7 nitrogen and oxygen atoms in total. The minimum Gasteiger partial charge on any atom is -0.320 e. The summed E-state index contributed by atoms with van der Waals surface area (Å²) in [5.74, 6) is 0.477. The van der Waals surface area contributed by atoms with Crippen LogP contribution < -0.4 is 10.2 Å². The molecule has 1 spiro atoms. The van der Waals surface area contributed by atoms with Crippen molar-refractivity contribution in [3.8, 4) is 6.07 Å². The van der Waals surface area contributed by atoms with Crippen molar-refractivity contribution in [3.63, 3.8) is 0 Å². The molecule has 0 atom stereocenters. The Morgan fingerprint density at radius 3 is 2.55 bits per heavy atom. The molecule has 0 saturated heterocycles. The van der Waals surface area contributed by atoms with Gasteiger partial charge in [-0.3, -0.25) is 4.79 Å². The number of hydrogen-bond acceptors (Lipinski definition) is 5. The van der Waals surface area contributed by atoms with Crippen molar-refractivity contribution < 1.29 is 18.0 Å². The number of benzene rings is 2. The predicted octanol–water partition coefficient (Wildman–Crippen LogP) is 6.03. The largest absolute Gasteiger partial charge is 0.416 e. The van der Waals surface area contributed by atoms with Gasteiger partial charge in [0, 0.05) is 36.3 Å². The molecule has 42 heavy (non-hydrogen) atoms. The van der Waals surface area contributed by atoms with Crippen LogP contribution in [0.4, 0.5) is 18.9 Å². The quantitative estimate of drug-likeness (QED) is 0.389. The Labute approximate surface area is 242 Å². The fourth-order valence-electron chi connectivity index (χ4n) is 8.00. The molecule has 3 aromatic rings. The molecule has 1 amide bonds. The summed E-state index contributed by atoms with van der Waals surface area (Å²) in [5.41, 5.74) is 0.978. The third kappa shape index (κ3) is 4.16. The molecule has 218 valence electrons. The Morgan fingerprint density at radius 1 is 1.17 bits per heavy atom. The summed E-state index contributed by atoms with van der Waals surface area (Å²) in [6.45, 7) is 2.23. The fraction of sp³-hybridized carbons (Fsp3) is 0.500. The number of alkyl halides is 3. The summed E-state index contributed by atoms with van der Waals surface area (Å²) in [7, 11) is 1.90. The van der Waals surface area contributed by atoms with E-state index in [-0.39, 0.29) is 41.1 Å². The summed E-state index contributed by atoms with van der Waals surface area (Å²) in [4.78, 5) is 15.2. The first-order chi connectivity index (χ1) is 19.9. The minimum atomic E-state index is -4.57. The van der Waals surface area contributed by atoms with Gasteiger partial charge in [0.25, 0.3) is 5.91 Å². The topological polar surface area (TPSA) is 86.8 Å². The van der Waals surface area contributed by atoms with E-state index >= 15 is 0 Å². The van der Waals surface area contributed by atoms with Gasteiger partial charge in [-0.05, 0) is 98.2 Å². The third-order valence-corrected chi connectivity index (χ3v) is 10.3. The zero-order valence-corrected chi connectivity index (χ0v) is 23.8. The highest BCUT2D eigenvalue weighted by molar-refractivity contribution is 6.10. The molecular formula is C32H33F3N6O. The van der Waals surface area contributed by atoms with E-state index in [0.717, 1.165) is 56.3 Å². The molecule has 10 heteroatoms. The lowest BCUT2D eigenvalue weighted by Crippen LogP contribution is -2.57. The number of rotatable bonds is 6. The van der Waals surface area contributed by atoms with Crippen LogP contribution in [0.25, 0.3) is 0 Å². The molecular weight excluding hydrogens is 541 g/mol. The number of aryl methyl sites for hydroxylation is 1. The Balaban J connectivity index is 1.21. The number of carbonyl (C=O) groups is 1. The lowest BCUT2D eigenvalue weighted by molar-refractivity contribution is -0.138. The van der Waals surface area contributed by atoms with Gasteiger partial charge in [-0.15, -0.1) is 10.2 Å². The number of hydrogen-bond donors (Lipinski definition) is 1. The van der Waals surface area contributed by atoms with E-state index in [2.05, 4.69) is 28.5 Å². The van der Waals surface area contributed by atoms with Gasteiger partial charge < -0.3 is 14.8 Å². The first-order valence-electron chi connectivity index (χ1n) is 14.6. The van der Waals surface area contributed by atoms with Gasteiger partial charge in [-0.2, -0.15) is 18.4 Å². The number of nitrogens with zero attached hydrogens (tertiary/aromatic N) is 5. The molecule has 3 fully saturated rings. The highest BCUT2D eigenvalue weighted by Gasteiger charge is 2.63.